The van der Waals surface area contributed by atoms with Crippen molar-refractivity contribution in [2.45, 2.75) is 50.8 Å². The summed E-state index contributed by atoms with van der Waals surface area (Å²) in [6.07, 6.45) is 3.11. The van der Waals surface area contributed by atoms with Gasteiger partial charge in [-0.2, -0.15) is 0 Å². The minimum absolute atomic E-state index is 0.0959. The maximum atomic E-state index is 11.2. The molecule has 1 rings (SSSR count). The monoisotopic (exact) mass is 186 g/mol. The first kappa shape index (κ1) is 10.5. The number of aliphatic hydroxyl groups excluding tert-OH is 1. The van der Waals surface area contributed by atoms with E-state index in [-0.39, 0.29) is 18.1 Å². The Morgan fingerprint density at radius 1 is 1.46 bits per heavy atom. The first-order chi connectivity index (χ1) is 6.09. The third-order valence-corrected chi connectivity index (χ3v) is 2.46. The highest BCUT2D eigenvalue weighted by Crippen LogP contribution is 2.18. The lowest BCUT2D eigenvalue weighted by molar-refractivity contribution is -0.123. The van der Waals surface area contributed by atoms with Crippen LogP contribution in [0.5, 0.6) is 0 Å². The molecule has 0 bridgehead atoms. The van der Waals surface area contributed by atoms with Gasteiger partial charge in [0.1, 0.15) is 0 Å². The average Bonchev–Trinajstić information content (AvgIpc) is 2.08. The zero-order valence-corrected chi connectivity index (χ0v) is 7.99. The van der Waals surface area contributed by atoms with Gasteiger partial charge in [-0.25, -0.2) is 0 Å². The van der Waals surface area contributed by atoms with E-state index in [4.69, 9.17) is 5.73 Å². The highest BCUT2D eigenvalue weighted by molar-refractivity contribution is 5.81. The molecule has 1 fully saturated rings. The van der Waals surface area contributed by atoms with Gasteiger partial charge in [-0.1, -0.05) is 0 Å². The van der Waals surface area contributed by atoms with Crippen molar-refractivity contribution in [2.75, 3.05) is 0 Å². The Morgan fingerprint density at radius 2 is 2.00 bits per heavy atom. The maximum Gasteiger partial charge on any atom is 0.236 e. The summed E-state index contributed by atoms with van der Waals surface area (Å²) < 4.78 is 0. The van der Waals surface area contributed by atoms with Gasteiger partial charge >= 0.3 is 0 Å². The standard InChI is InChI=1S/C9H18N2O2/c1-6(10)9(13)11-7-2-4-8(12)5-3-7/h6-8,12H,2-5,10H2,1H3,(H,11,13)/t6-,7?,8?/m1/s1. The van der Waals surface area contributed by atoms with Crippen molar-refractivity contribution in [1.82, 2.24) is 5.32 Å². The van der Waals surface area contributed by atoms with E-state index in [1.807, 2.05) is 0 Å². The van der Waals surface area contributed by atoms with Crippen molar-refractivity contribution in [3.05, 3.63) is 0 Å². The SMILES string of the molecule is C[C@@H](N)C(=O)NC1CCC(O)CC1. The van der Waals surface area contributed by atoms with Gasteiger partial charge in [0.05, 0.1) is 12.1 Å². The number of hydrogen-bond acceptors (Lipinski definition) is 3. The molecule has 1 amide bonds. The molecule has 0 aromatic carbocycles. The van der Waals surface area contributed by atoms with Crippen molar-refractivity contribution in [1.29, 1.82) is 0 Å². The van der Waals surface area contributed by atoms with Crippen LogP contribution in [0.25, 0.3) is 0 Å². The van der Waals surface area contributed by atoms with Gasteiger partial charge < -0.3 is 16.2 Å². The summed E-state index contributed by atoms with van der Waals surface area (Å²) in [6, 6.07) is -0.228. The molecule has 1 saturated carbocycles. The second-order valence-corrected chi connectivity index (χ2v) is 3.80. The van der Waals surface area contributed by atoms with E-state index >= 15 is 0 Å². The first-order valence-corrected chi connectivity index (χ1v) is 4.83. The fourth-order valence-corrected chi connectivity index (χ4v) is 1.55. The fraction of sp³-hybridized carbons (Fsp3) is 0.889. The fourth-order valence-electron chi connectivity index (χ4n) is 1.55. The Balaban J connectivity index is 2.26. The van der Waals surface area contributed by atoms with Crippen LogP contribution in [0.3, 0.4) is 0 Å². The number of amides is 1. The minimum atomic E-state index is -0.438. The Bertz CT molecular complexity index is 174. The molecule has 0 aromatic rings. The number of aliphatic hydroxyl groups is 1. The lowest BCUT2D eigenvalue weighted by atomic mass is 9.93. The zero-order chi connectivity index (χ0) is 9.84. The molecule has 0 radical (unpaired) electrons. The molecular weight excluding hydrogens is 168 g/mol. The van der Waals surface area contributed by atoms with Crippen LogP contribution in [0.1, 0.15) is 32.6 Å². The molecule has 0 heterocycles. The van der Waals surface area contributed by atoms with Crippen LogP contribution in [0.2, 0.25) is 0 Å². The second-order valence-electron chi connectivity index (χ2n) is 3.80. The van der Waals surface area contributed by atoms with Gasteiger partial charge in [0.15, 0.2) is 0 Å². The van der Waals surface area contributed by atoms with Crippen LogP contribution >= 0.6 is 0 Å². The Labute approximate surface area is 78.5 Å². The van der Waals surface area contributed by atoms with Crippen molar-refractivity contribution >= 4 is 5.91 Å². The third-order valence-electron chi connectivity index (χ3n) is 2.46. The topological polar surface area (TPSA) is 75.4 Å². The average molecular weight is 186 g/mol. The number of carbonyl (C=O) groups is 1. The molecule has 4 nitrogen and oxygen atoms in total. The number of rotatable bonds is 2. The van der Waals surface area contributed by atoms with Gasteiger partial charge in [-0.3, -0.25) is 4.79 Å². The van der Waals surface area contributed by atoms with Crippen LogP contribution in [0.4, 0.5) is 0 Å². The van der Waals surface area contributed by atoms with Gasteiger partial charge in [0.25, 0.3) is 0 Å². The summed E-state index contributed by atoms with van der Waals surface area (Å²) in [7, 11) is 0. The molecule has 1 aliphatic carbocycles. The molecule has 0 saturated heterocycles. The molecule has 4 heteroatoms. The van der Waals surface area contributed by atoms with E-state index in [2.05, 4.69) is 5.32 Å². The van der Waals surface area contributed by atoms with Gasteiger partial charge in [-0.15, -0.1) is 0 Å². The van der Waals surface area contributed by atoms with Crippen LogP contribution < -0.4 is 11.1 Å². The lowest BCUT2D eigenvalue weighted by Crippen LogP contribution is -2.45. The molecule has 1 aliphatic rings. The third kappa shape index (κ3) is 3.32. The quantitative estimate of drug-likeness (QED) is 0.557. The van der Waals surface area contributed by atoms with Gasteiger partial charge in [0.2, 0.25) is 5.91 Å². The first-order valence-electron chi connectivity index (χ1n) is 4.83. The van der Waals surface area contributed by atoms with E-state index in [0.717, 1.165) is 25.7 Å². The molecule has 0 spiro atoms. The minimum Gasteiger partial charge on any atom is -0.393 e. The van der Waals surface area contributed by atoms with Crippen molar-refractivity contribution < 1.29 is 9.90 Å². The van der Waals surface area contributed by atoms with Crippen LogP contribution in [-0.4, -0.2) is 29.2 Å². The summed E-state index contributed by atoms with van der Waals surface area (Å²) in [5.41, 5.74) is 5.42. The Morgan fingerprint density at radius 3 is 2.46 bits per heavy atom. The van der Waals surface area contributed by atoms with E-state index < -0.39 is 6.04 Å². The van der Waals surface area contributed by atoms with E-state index in [0.29, 0.717) is 0 Å². The second kappa shape index (κ2) is 4.58. The molecule has 13 heavy (non-hydrogen) atoms. The van der Waals surface area contributed by atoms with Crippen LogP contribution in [0.15, 0.2) is 0 Å². The number of hydrogen-bond donors (Lipinski definition) is 3. The van der Waals surface area contributed by atoms with Crippen LogP contribution in [-0.2, 0) is 4.79 Å². The van der Waals surface area contributed by atoms with Crippen molar-refractivity contribution in [3.8, 4) is 0 Å². The number of carbonyl (C=O) groups excluding carboxylic acids is 1. The maximum absolute atomic E-state index is 11.2. The molecule has 0 unspecified atom stereocenters. The summed E-state index contributed by atoms with van der Waals surface area (Å²) in [6.45, 7) is 1.67. The predicted molar refractivity (Wildman–Crippen MR) is 50.1 cm³/mol. The van der Waals surface area contributed by atoms with E-state index in [1.54, 1.807) is 6.92 Å². The summed E-state index contributed by atoms with van der Waals surface area (Å²) in [5, 5.41) is 12.1. The van der Waals surface area contributed by atoms with Crippen LogP contribution in [0, 0.1) is 0 Å². The molecule has 76 valence electrons. The summed E-state index contributed by atoms with van der Waals surface area (Å²) in [5.74, 6) is -0.0959. The zero-order valence-electron chi connectivity index (χ0n) is 7.99. The largest absolute Gasteiger partial charge is 0.393 e. The molecule has 0 aromatic heterocycles. The highest BCUT2D eigenvalue weighted by Gasteiger charge is 2.21. The van der Waals surface area contributed by atoms with Gasteiger partial charge in [0, 0.05) is 6.04 Å². The normalized spacial score (nSPS) is 31.0. The van der Waals surface area contributed by atoms with Crippen molar-refractivity contribution in [3.63, 3.8) is 0 Å². The number of nitrogens with one attached hydrogen (secondary N) is 1. The van der Waals surface area contributed by atoms with Crippen molar-refractivity contribution in [2.24, 2.45) is 5.73 Å². The van der Waals surface area contributed by atoms with Gasteiger partial charge in [-0.05, 0) is 32.6 Å². The molecular formula is C9H18N2O2. The smallest absolute Gasteiger partial charge is 0.236 e. The molecule has 1 atom stereocenters. The molecule has 4 N–H and O–H groups in total. The Kier molecular flexibility index (Phi) is 3.69. The highest BCUT2D eigenvalue weighted by atomic mass is 16.3. The lowest BCUT2D eigenvalue weighted by Gasteiger charge is -2.26. The Hall–Kier alpha value is -0.610. The summed E-state index contributed by atoms with van der Waals surface area (Å²) >= 11 is 0. The summed E-state index contributed by atoms with van der Waals surface area (Å²) in [4.78, 5) is 11.2. The predicted octanol–water partition coefficient (Wildman–Crippen LogP) is -0.247. The number of nitrogens with two attached hydrogens (primary N) is 1. The van der Waals surface area contributed by atoms with E-state index in [1.165, 1.54) is 0 Å². The van der Waals surface area contributed by atoms with E-state index in [9.17, 15) is 9.90 Å². The molecule has 0 aliphatic heterocycles.